The predicted octanol–water partition coefficient (Wildman–Crippen LogP) is 21.2. The zero-order chi connectivity index (χ0) is 53.7. The van der Waals surface area contributed by atoms with Crippen LogP contribution >= 0.6 is 0 Å². The molecular weight excluding hydrogens is 965 g/mol. The number of hydrogen-bond donors (Lipinski definition) is 0. The van der Waals surface area contributed by atoms with Crippen molar-refractivity contribution < 1.29 is 0 Å². The molecule has 15 rings (SSSR count). The van der Waals surface area contributed by atoms with Gasteiger partial charge in [-0.15, -0.1) is 0 Å². The van der Waals surface area contributed by atoms with Crippen LogP contribution in [0, 0.1) is 0 Å². The highest BCUT2D eigenvalue weighted by Crippen LogP contribution is 2.52. The van der Waals surface area contributed by atoms with E-state index in [1.807, 2.05) is 0 Å². The number of para-hydroxylation sites is 1. The second-order valence-corrected chi connectivity index (χ2v) is 22.9. The molecule has 0 aliphatic heterocycles. The molecular formula is C78H58N2. The quantitative estimate of drug-likeness (QED) is 0.140. The highest BCUT2D eigenvalue weighted by atomic mass is 15.1. The van der Waals surface area contributed by atoms with Gasteiger partial charge in [0.25, 0.3) is 0 Å². The van der Waals surface area contributed by atoms with E-state index >= 15 is 0 Å². The van der Waals surface area contributed by atoms with E-state index in [1.165, 1.54) is 122 Å². The number of rotatable bonds is 9. The highest BCUT2D eigenvalue weighted by Gasteiger charge is 2.36. The minimum absolute atomic E-state index is 0.0759. The van der Waals surface area contributed by atoms with Gasteiger partial charge in [-0.1, -0.05) is 222 Å². The fourth-order valence-electron chi connectivity index (χ4n) is 13.3. The molecule has 0 unspecified atom stereocenters. The molecule has 0 spiro atoms. The molecule has 2 heteroatoms. The largest absolute Gasteiger partial charge is 0.311 e. The van der Waals surface area contributed by atoms with E-state index in [2.05, 4.69) is 316 Å². The van der Waals surface area contributed by atoms with Crippen LogP contribution in [-0.2, 0) is 10.8 Å². The van der Waals surface area contributed by atoms with E-state index in [9.17, 15) is 0 Å². The van der Waals surface area contributed by atoms with Crippen LogP contribution in [0.2, 0.25) is 0 Å². The van der Waals surface area contributed by atoms with Crippen LogP contribution in [0.5, 0.6) is 0 Å². The van der Waals surface area contributed by atoms with E-state index in [1.54, 1.807) is 0 Å². The molecule has 0 bridgehead atoms. The maximum Gasteiger partial charge on any atom is 0.0541 e. The lowest BCUT2D eigenvalue weighted by molar-refractivity contribution is 0.660. The summed E-state index contributed by atoms with van der Waals surface area (Å²) >= 11 is 0. The van der Waals surface area contributed by atoms with Crippen molar-refractivity contribution in [1.82, 2.24) is 4.57 Å². The zero-order valence-electron chi connectivity index (χ0n) is 45.5. The Hall–Kier alpha value is -9.76. The maximum absolute atomic E-state index is 2.46. The molecule has 0 fully saturated rings. The topological polar surface area (TPSA) is 8.17 Å². The normalized spacial score (nSPS) is 13.4. The lowest BCUT2D eigenvalue weighted by atomic mass is 9.81. The van der Waals surface area contributed by atoms with Crippen molar-refractivity contribution in [2.24, 2.45) is 0 Å². The van der Waals surface area contributed by atoms with Gasteiger partial charge in [0.05, 0.1) is 11.0 Å². The van der Waals surface area contributed by atoms with Gasteiger partial charge in [0, 0.05) is 44.4 Å². The number of nitrogens with zero attached hydrogens (tertiary/aromatic N) is 2. The molecule has 12 aromatic carbocycles. The second kappa shape index (κ2) is 18.4. The number of hydrogen-bond acceptors (Lipinski definition) is 1. The van der Waals surface area contributed by atoms with Gasteiger partial charge in [0.1, 0.15) is 0 Å². The lowest BCUT2D eigenvalue weighted by Gasteiger charge is -2.26. The Morgan fingerprint density at radius 3 is 1.01 bits per heavy atom. The first-order valence-electron chi connectivity index (χ1n) is 28.1. The molecule has 0 saturated carbocycles. The summed E-state index contributed by atoms with van der Waals surface area (Å²) in [6, 6.07) is 103. The summed E-state index contributed by atoms with van der Waals surface area (Å²) < 4.78 is 2.46. The second-order valence-electron chi connectivity index (χ2n) is 22.9. The molecule has 0 radical (unpaired) electrons. The van der Waals surface area contributed by atoms with Crippen molar-refractivity contribution in [3.05, 3.63) is 301 Å². The first kappa shape index (κ1) is 47.5. The lowest BCUT2D eigenvalue weighted by Crippen LogP contribution is -2.14. The molecule has 2 aliphatic carbocycles. The number of fused-ring (bicyclic) bond motifs is 9. The van der Waals surface area contributed by atoms with Crippen molar-refractivity contribution in [2.75, 3.05) is 4.90 Å². The molecule has 2 aliphatic rings. The van der Waals surface area contributed by atoms with Gasteiger partial charge in [-0.3, -0.25) is 0 Å². The van der Waals surface area contributed by atoms with Gasteiger partial charge < -0.3 is 9.47 Å². The number of benzene rings is 12. The van der Waals surface area contributed by atoms with Gasteiger partial charge in [0.15, 0.2) is 0 Å². The van der Waals surface area contributed by atoms with Crippen LogP contribution < -0.4 is 4.90 Å². The number of anilines is 3. The van der Waals surface area contributed by atoms with E-state index in [4.69, 9.17) is 0 Å². The molecule has 0 amide bonds. The van der Waals surface area contributed by atoms with Gasteiger partial charge in [-0.25, -0.2) is 0 Å². The fourth-order valence-corrected chi connectivity index (χ4v) is 13.3. The van der Waals surface area contributed by atoms with Crippen molar-refractivity contribution in [3.8, 4) is 83.6 Å². The summed E-state index contributed by atoms with van der Waals surface area (Å²) in [5.74, 6) is 0. The van der Waals surface area contributed by atoms with Crippen LogP contribution in [0.15, 0.2) is 279 Å². The Labute approximate surface area is 469 Å². The van der Waals surface area contributed by atoms with E-state index in [0.29, 0.717) is 0 Å². The molecule has 0 N–H and O–H groups in total. The molecule has 380 valence electrons. The Morgan fingerprint density at radius 2 is 0.562 bits per heavy atom. The van der Waals surface area contributed by atoms with Crippen LogP contribution in [0.1, 0.15) is 49.9 Å². The summed E-state index contributed by atoms with van der Waals surface area (Å²) in [5.41, 5.74) is 29.7. The summed E-state index contributed by atoms with van der Waals surface area (Å²) in [6.07, 6.45) is 0. The van der Waals surface area contributed by atoms with Crippen molar-refractivity contribution in [3.63, 3.8) is 0 Å². The first-order chi connectivity index (χ1) is 39.2. The van der Waals surface area contributed by atoms with Gasteiger partial charge in [0.2, 0.25) is 0 Å². The zero-order valence-corrected chi connectivity index (χ0v) is 45.5. The minimum Gasteiger partial charge on any atom is -0.311 e. The Morgan fingerprint density at radius 1 is 0.250 bits per heavy atom. The monoisotopic (exact) mass is 1020 g/mol. The third kappa shape index (κ3) is 7.69. The third-order valence-electron chi connectivity index (χ3n) is 17.6. The Balaban J connectivity index is 0.757. The van der Waals surface area contributed by atoms with Crippen LogP contribution in [0.4, 0.5) is 17.1 Å². The fraction of sp³-hybridized carbons (Fsp3) is 0.0769. The molecule has 0 atom stereocenters. The molecule has 80 heavy (non-hydrogen) atoms. The SMILES string of the molecule is CC1(C)c2ccccc2-c2ccc(-c3ccc4c(c3)c3cc(-c5ccc6c(c5)C(C)(C)c5ccccc5-6)ccc3n4-c3ccc(-c4ccc(-c5ccc(N(c6ccccc6)c6ccc(-c7ccccc7)cc6)cc5)cc4)cc3)cc21. The summed E-state index contributed by atoms with van der Waals surface area (Å²) in [5, 5.41) is 2.49. The van der Waals surface area contributed by atoms with Crippen LogP contribution in [0.3, 0.4) is 0 Å². The van der Waals surface area contributed by atoms with Crippen molar-refractivity contribution in [1.29, 1.82) is 0 Å². The van der Waals surface area contributed by atoms with Gasteiger partial charge in [-0.2, -0.15) is 0 Å². The van der Waals surface area contributed by atoms with Crippen molar-refractivity contribution >= 4 is 38.9 Å². The highest BCUT2D eigenvalue weighted by molar-refractivity contribution is 6.12. The van der Waals surface area contributed by atoms with E-state index in [0.717, 1.165) is 22.7 Å². The van der Waals surface area contributed by atoms with Gasteiger partial charge in [-0.05, 0) is 185 Å². The summed E-state index contributed by atoms with van der Waals surface area (Å²) in [4.78, 5) is 2.32. The molecule has 2 nitrogen and oxygen atoms in total. The van der Waals surface area contributed by atoms with Crippen molar-refractivity contribution in [2.45, 2.75) is 38.5 Å². The van der Waals surface area contributed by atoms with Crippen LogP contribution in [0.25, 0.3) is 105 Å². The predicted molar refractivity (Wildman–Crippen MR) is 338 cm³/mol. The average Bonchev–Trinajstić information content (AvgIpc) is 4.29. The Bertz CT molecular complexity index is 4360. The standard InChI is InChI=1S/C78H58N2/c1-77(2)71-21-13-11-19-65(71)67-43-33-59(49-73(67)77)57-35-45-75-69(47-57)70-48-58(60-34-44-68-66-20-12-14-22-72(66)78(3,4)74(68)50-60)36-46-76(70)80(75)64-41-31-56(32-42-64)53-25-23-52(24-26-53)55-29-39-63(40-30-55)79(61-17-9-6-10-18-61)62-37-27-54(28-38-62)51-15-7-5-8-16-51/h5-50H,1-4H3. The first-order valence-corrected chi connectivity index (χ1v) is 28.1. The van der Waals surface area contributed by atoms with Gasteiger partial charge >= 0.3 is 0 Å². The van der Waals surface area contributed by atoms with E-state index < -0.39 is 0 Å². The maximum atomic E-state index is 2.46. The number of aromatic nitrogens is 1. The molecule has 13 aromatic rings. The van der Waals surface area contributed by atoms with Crippen LogP contribution in [-0.4, -0.2) is 4.57 Å². The molecule has 1 aromatic heterocycles. The molecule has 1 heterocycles. The Kier molecular flexibility index (Phi) is 10.9. The summed E-state index contributed by atoms with van der Waals surface area (Å²) in [6.45, 7) is 9.47. The third-order valence-corrected chi connectivity index (χ3v) is 17.6. The average molecular weight is 1020 g/mol. The smallest absolute Gasteiger partial charge is 0.0541 e. The van der Waals surface area contributed by atoms with E-state index in [-0.39, 0.29) is 10.8 Å². The minimum atomic E-state index is -0.0759. The summed E-state index contributed by atoms with van der Waals surface area (Å²) in [7, 11) is 0. The molecule has 0 saturated heterocycles.